The van der Waals surface area contributed by atoms with Crippen LogP contribution in [-0.2, 0) is 0 Å². The Morgan fingerprint density at radius 3 is 2.64 bits per heavy atom. The normalized spacial score (nSPS) is 14.1. The highest BCUT2D eigenvalue weighted by Crippen LogP contribution is 2.02. The van der Waals surface area contributed by atoms with Crippen molar-refractivity contribution < 1.29 is 0 Å². The molecule has 0 heterocycles. The van der Waals surface area contributed by atoms with Crippen molar-refractivity contribution in [2.75, 3.05) is 0 Å². The molecule has 0 saturated carbocycles. The van der Waals surface area contributed by atoms with Gasteiger partial charge < -0.3 is 0 Å². The Morgan fingerprint density at radius 1 is 1.55 bits per heavy atom. The second kappa shape index (κ2) is 5.93. The van der Waals surface area contributed by atoms with Crippen LogP contribution in [0.25, 0.3) is 0 Å². The van der Waals surface area contributed by atoms with Crippen LogP contribution in [0.4, 0.5) is 0 Å². The number of halogens is 1. The highest BCUT2D eigenvalue weighted by molar-refractivity contribution is 6.30. The highest BCUT2D eigenvalue weighted by atomic mass is 35.5. The Labute approximate surface area is 72.8 Å². The van der Waals surface area contributed by atoms with Gasteiger partial charge in [-0.3, -0.25) is 0 Å². The van der Waals surface area contributed by atoms with E-state index in [1.807, 2.05) is 19.9 Å². The van der Waals surface area contributed by atoms with Crippen molar-refractivity contribution in [2.45, 2.75) is 13.8 Å². The smallest absolute Gasteiger partial charge is 0.128 e. The maximum Gasteiger partial charge on any atom is 0.128 e. The zero-order valence-electron chi connectivity index (χ0n) is 6.84. The Hall–Kier alpha value is -0.820. The molecule has 0 aliphatic heterocycles. The van der Waals surface area contributed by atoms with Crippen LogP contribution in [-0.4, -0.2) is 6.21 Å². The predicted molar refractivity (Wildman–Crippen MR) is 52.1 cm³/mol. The SMILES string of the molecule is C=C/C=C(Cl)/N=C\C(C)=C/C. The van der Waals surface area contributed by atoms with Gasteiger partial charge >= 0.3 is 0 Å². The van der Waals surface area contributed by atoms with Crippen molar-refractivity contribution in [1.82, 2.24) is 0 Å². The van der Waals surface area contributed by atoms with Crippen molar-refractivity contribution in [2.24, 2.45) is 4.99 Å². The van der Waals surface area contributed by atoms with E-state index in [4.69, 9.17) is 11.6 Å². The van der Waals surface area contributed by atoms with Gasteiger partial charge in [-0.2, -0.15) is 0 Å². The second-order valence-electron chi connectivity index (χ2n) is 2.02. The van der Waals surface area contributed by atoms with E-state index in [0.717, 1.165) is 5.57 Å². The number of rotatable bonds is 3. The Balaban J connectivity index is 4.13. The van der Waals surface area contributed by atoms with Crippen molar-refractivity contribution in [3.05, 3.63) is 35.5 Å². The lowest BCUT2D eigenvalue weighted by atomic mass is 10.3. The first kappa shape index (κ1) is 10.2. The molecule has 0 saturated heterocycles. The number of nitrogens with zero attached hydrogens (tertiary/aromatic N) is 1. The van der Waals surface area contributed by atoms with E-state index in [1.165, 1.54) is 0 Å². The molecule has 2 heteroatoms. The Morgan fingerprint density at radius 2 is 2.18 bits per heavy atom. The third-order valence-electron chi connectivity index (χ3n) is 1.10. The lowest BCUT2D eigenvalue weighted by Gasteiger charge is -1.87. The third kappa shape index (κ3) is 5.62. The van der Waals surface area contributed by atoms with Crippen LogP contribution in [0.2, 0.25) is 0 Å². The van der Waals surface area contributed by atoms with Crippen molar-refractivity contribution >= 4 is 17.8 Å². The molecule has 0 aliphatic rings. The number of hydrogen-bond donors (Lipinski definition) is 0. The molecule has 0 rings (SSSR count). The van der Waals surface area contributed by atoms with Gasteiger partial charge in [0.25, 0.3) is 0 Å². The first-order valence-electron chi connectivity index (χ1n) is 3.36. The molecule has 0 aromatic heterocycles. The molecule has 0 atom stereocenters. The van der Waals surface area contributed by atoms with Gasteiger partial charge in [-0.05, 0) is 25.5 Å². The van der Waals surface area contributed by atoms with Crippen LogP contribution in [0.1, 0.15) is 13.8 Å². The van der Waals surface area contributed by atoms with Crippen LogP contribution < -0.4 is 0 Å². The molecule has 0 fully saturated rings. The number of hydrogen-bond acceptors (Lipinski definition) is 1. The minimum absolute atomic E-state index is 0.446. The van der Waals surface area contributed by atoms with Crippen LogP contribution >= 0.6 is 11.6 Å². The van der Waals surface area contributed by atoms with Gasteiger partial charge in [-0.15, -0.1) is 0 Å². The summed E-state index contributed by atoms with van der Waals surface area (Å²) in [4.78, 5) is 3.95. The van der Waals surface area contributed by atoms with Crippen molar-refractivity contribution in [3.8, 4) is 0 Å². The monoisotopic (exact) mass is 169 g/mol. The van der Waals surface area contributed by atoms with Gasteiger partial charge in [0, 0.05) is 6.21 Å². The minimum Gasteiger partial charge on any atom is -0.244 e. The maximum atomic E-state index is 5.65. The molecule has 0 radical (unpaired) electrons. The summed E-state index contributed by atoms with van der Waals surface area (Å²) in [5, 5.41) is 0.446. The summed E-state index contributed by atoms with van der Waals surface area (Å²) in [6, 6.07) is 0. The third-order valence-corrected chi connectivity index (χ3v) is 1.33. The number of allylic oxidation sites excluding steroid dienone is 4. The van der Waals surface area contributed by atoms with E-state index in [0.29, 0.717) is 5.16 Å². The van der Waals surface area contributed by atoms with Gasteiger partial charge in [0.05, 0.1) is 0 Å². The average Bonchev–Trinajstić information content (AvgIpc) is 2.01. The molecule has 1 nitrogen and oxygen atoms in total. The van der Waals surface area contributed by atoms with Gasteiger partial charge in [-0.1, -0.05) is 30.3 Å². The fourth-order valence-corrected chi connectivity index (χ4v) is 0.516. The van der Waals surface area contributed by atoms with E-state index in [2.05, 4.69) is 11.6 Å². The van der Waals surface area contributed by atoms with Gasteiger partial charge in [0.15, 0.2) is 0 Å². The van der Waals surface area contributed by atoms with Crippen LogP contribution in [0.15, 0.2) is 40.5 Å². The van der Waals surface area contributed by atoms with E-state index >= 15 is 0 Å². The summed E-state index contributed by atoms with van der Waals surface area (Å²) in [7, 11) is 0. The predicted octanol–water partition coefficient (Wildman–Crippen LogP) is 3.29. The van der Waals surface area contributed by atoms with E-state index in [1.54, 1.807) is 18.4 Å². The van der Waals surface area contributed by atoms with Crippen LogP contribution in [0.3, 0.4) is 0 Å². The fourth-order valence-electron chi connectivity index (χ4n) is 0.378. The summed E-state index contributed by atoms with van der Waals surface area (Å²) in [5.41, 5.74) is 1.08. The number of aliphatic imine (C=N–C) groups is 1. The first-order valence-corrected chi connectivity index (χ1v) is 3.73. The molecule has 60 valence electrons. The maximum absolute atomic E-state index is 5.65. The lowest BCUT2D eigenvalue weighted by molar-refractivity contribution is 1.48. The summed E-state index contributed by atoms with van der Waals surface area (Å²) >= 11 is 5.65. The largest absolute Gasteiger partial charge is 0.244 e. The molecule has 0 N–H and O–H groups in total. The molecule has 0 aromatic carbocycles. The van der Waals surface area contributed by atoms with Crippen LogP contribution in [0, 0.1) is 0 Å². The molecule has 0 amide bonds. The molecule has 0 bridgehead atoms. The fraction of sp³-hybridized carbons (Fsp3) is 0.222. The zero-order chi connectivity index (χ0) is 8.69. The van der Waals surface area contributed by atoms with E-state index < -0.39 is 0 Å². The molecule has 0 spiro atoms. The molecular weight excluding hydrogens is 158 g/mol. The van der Waals surface area contributed by atoms with E-state index in [-0.39, 0.29) is 0 Å². The summed E-state index contributed by atoms with van der Waals surface area (Å²) in [6.45, 7) is 7.41. The second-order valence-corrected chi connectivity index (χ2v) is 2.40. The Bertz CT molecular complexity index is 212. The standard InChI is InChI=1S/C9H12ClN/c1-4-6-9(10)11-7-8(3)5-2/h4-7H,1H2,2-3H3/b8-5-,9-6+,11-7-. The lowest BCUT2D eigenvalue weighted by Crippen LogP contribution is -1.75. The van der Waals surface area contributed by atoms with Gasteiger partial charge in [0.1, 0.15) is 5.16 Å². The minimum atomic E-state index is 0.446. The molecule has 0 aliphatic carbocycles. The van der Waals surface area contributed by atoms with Gasteiger partial charge in [0.2, 0.25) is 0 Å². The first-order chi connectivity index (χ1) is 5.20. The summed E-state index contributed by atoms with van der Waals surface area (Å²) < 4.78 is 0. The topological polar surface area (TPSA) is 12.4 Å². The summed E-state index contributed by atoms with van der Waals surface area (Å²) in [6.07, 6.45) is 6.91. The van der Waals surface area contributed by atoms with Crippen molar-refractivity contribution in [3.63, 3.8) is 0 Å². The molecular formula is C9H12ClN. The van der Waals surface area contributed by atoms with E-state index in [9.17, 15) is 0 Å². The zero-order valence-corrected chi connectivity index (χ0v) is 7.60. The molecule has 0 unspecified atom stereocenters. The van der Waals surface area contributed by atoms with Crippen LogP contribution in [0.5, 0.6) is 0 Å². The average molecular weight is 170 g/mol. The molecule has 0 aromatic rings. The van der Waals surface area contributed by atoms with Crippen molar-refractivity contribution in [1.29, 1.82) is 0 Å². The molecule has 11 heavy (non-hydrogen) atoms. The Kier molecular flexibility index (Phi) is 5.49. The van der Waals surface area contributed by atoms with Gasteiger partial charge in [-0.25, -0.2) is 4.99 Å². The highest BCUT2D eigenvalue weighted by Gasteiger charge is 1.82. The quantitative estimate of drug-likeness (QED) is 0.349. The summed E-state index contributed by atoms with van der Waals surface area (Å²) in [5.74, 6) is 0.